The molecule has 0 unspecified atom stereocenters. The molecule has 0 atom stereocenters. The lowest BCUT2D eigenvalue weighted by Crippen LogP contribution is -2.31. The van der Waals surface area contributed by atoms with Gasteiger partial charge < -0.3 is 15.4 Å². The number of pyridine rings is 1. The second-order valence-corrected chi connectivity index (χ2v) is 5.98. The van der Waals surface area contributed by atoms with E-state index >= 15 is 0 Å². The van der Waals surface area contributed by atoms with Crippen molar-refractivity contribution in [1.82, 2.24) is 25.8 Å². The Kier molecular flexibility index (Phi) is 6.90. The van der Waals surface area contributed by atoms with Crippen molar-refractivity contribution in [2.45, 2.75) is 19.1 Å². The van der Waals surface area contributed by atoms with Gasteiger partial charge in [-0.2, -0.15) is 18.3 Å². The van der Waals surface area contributed by atoms with Crippen LogP contribution in [-0.2, 0) is 19.1 Å². The Balaban J connectivity index is 0.00000261. The van der Waals surface area contributed by atoms with Gasteiger partial charge in [0.2, 0.25) is 5.88 Å². The van der Waals surface area contributed by atoms with Gasteiger partial charge in [-0.1, -0.05) is 11.6 Å². The van der Waals surface area contributed by atoms with E-state index in [1.165, 1.54) is 0 Å². The third-order valence-electron chi connectivity index (χ3n) is 3.78. The number of carbonyl (C=O) groups excluding carboxylic acids is 1. The topological polar surface area (TPSA) is 91.9 Å². The molecule has 1 amide bonds. The predicted molar refractivity (Wildman–Crippen MR) is 93.3 cm³/mol. The van der Waals surface area contributed by atoms with Crippen molar-refractivity contribution in [1.29, 1.82) is 0 Å². The normalized spacial score (nSPS) is 13.5. The van der Waals surface area contributed by atoms with Crippen molar-refractivity contribution in [3.63, 3.8) is 0 Å². The number of hydrogen-bond donors (Lipinski definition) is 3. The van der Waals surface area contributed by atoms with E-state index in [-0.39, 0.29) is 42.4 Å². The molecule has 1 aliphatic heterocycles. The quantitative estimate of drug-likeness (QED) is 0.639. The highest BCUT2D eigenvalue weighted by atomic mass is 35.5. The van der Waals surface area contributed by atoms with Crippen LogP contribution in [0.5, 0.6) is 5.88 Å². The third kappa shape index (κ3) is 5.02. The van der Waals surface area contributed by atoms with Gasteiger partial charge in [-0.25, -0.2) is 4.98 Å². The Bertz CT molecular complexity index is 813. The van der Waals surface area contributed by atoms with Gasteiger partial charge in [0.05, 0.1) is 12.1 Å². The van der Waals surface area contributed by atoms with Crippen LogP contribution >= 0.6 is 24.0 Å². The van der Waals surface area contributed by atoms with E-state index in [4.69, 9.17) is 16.3 Å². The highest BCUT2D eigenvalue weighted by molar-refractivity contribution is 6.31. The zero-order valence-corrected chi connectivity index (χ0v) is 15.4. The first-order chi connectivity index (χ1) is 12.4. The van der Waals surface area contributed by atoms with Gasteiger partial charge in [0, 0.05) is 37.0 Å². The molecule has 0 radical (unpaired) electrons. The average Bonchev–Trinajstić information content (AvgIpc) is 3.03. The van der Waals surface area contributed by atoms with Crippen LogP contribution in [0.15, 0.2) is 12.3 Å². The summed E-state index contributed by atoms with van der Waals surface area (Å²) < 4.78 is 42.9. The fourth-order valence-electron chi connectivity index (χ4n) is 2.50. The second-order valence-electron chi connectivity index (χ2n) is 5.57. The molecule has 0 aromatic carbocycles. The van der Waals surface area contributed by atoms with Crippen LogP contribution < -0.4 is 15.4 Å². The summed E-state index contributed by atoms with van der Waals surface area (Å²) in [7, 11) is 0. The standard InChI is InChI=1S/C15H15ClF3N5O2.ClH/c16-10-5-8(15(17,18)19)6-22-14(10)26-4-3-21-13(25)12-9-7-20-2-1-11(9)23-24-12;/h5-6,20H,1-4,7H2,(H,21,25)(H,23,24);1H. The molecule has 0 saturated heterocycles. The molecule has 2 aromatic heterocycles. The zero-order valence-electron chi connectivity index (χ0n) is 13.8. The minimum absolute atomic E-state index is 0. The molecule has 0 saturated carbocycles. The van der Waals surface area contributed by atoms with Crippen molar-refractivity contribution in [2.75, 3.05) is 19.7 Å². The van der Waals surface area contributed by atoms with Crippen molar-refractivity contribution < 1.29 is 22.7 Å². The number of H-pyrrole nitrogens is 1. The van der Waals surface area contributed by atoms with E-state index in [2.05, 4.69) is 25.8 Å². The van der Waals surface area contributed by atoms with Crippen LogP contribution in [0.2, 0.25) is 5.02 Å². The molecule has 2 aromatic rings. The van der Waals surface area contributed by atoms with E-state index in [1.54, 1.807) is 0 Å². The minimum Gasteiger partial charge on any atom is -0.475 e. The fraction of sp³-hybridized carbons (Fsp3) is 0.400. The van der Waals surface area contributed by atoms with Gasteiger partial charge in [0.25, 0.3) is 5.91 Å². The molecular formula is C15H16Cl2F3N5O2. The average molecular weight is 426 g/mol. The second kappa shape index (κ2) is 8.77. The van der Waals surface area contributed by atoms with E-state index in [0.29, 0.717) is 18.4 Å². The van der Waals surface area contributed by atoms with Gasteiger partial charge >= 0.3 is 6.18 Å². The van der Waals surface area contributed by atoms with Gasteiger partial charge in [-0.05, 0) is 6.07 Å². The summed E-state index contributed by atoms with van der Waals surface area (Å²) in [5, 5.41) is 12.4. The van der Waals surface area contributed by atoms with Crippen LogP contribution in [0, 0.1) is 0 Å². The molecule has 12 heteroatoms. The number of rotatable bonds is 5. The van der Waals surface area contributed by atoms with Crippen molar-refractivity contribution in [3.05, 3.63) is 39.8 Å². The van der Waals surface area contributed by atoms with Gasteiger partial charge in [0.15, 0.2) is 5.69 Å². The molecule has 3 rings (SSSR count). The largest absolute Gasteiger partial charge is 0.475 e. The molecule has 27 heavy (non-hydrogen) atoms. The van der Waals surface area contributed by atoms with Crippen LogP contribution in [0.1, 0.15) is 27.3 Å². The summed E-state index contributed by atoms with van der Waals surface area (Å²) in [5.41, 5.74) is 1.13. The molecule has 0 aliphatic carbocycles. The number of ether oxygens (including phenoxy) is 1. The molecule has 3 N–H and O–H groups in total. The van der Waals surface area contributed by atoms with Gasteiger partial charge in [-0.15, -0.1) is 12.4 Å². The smallest absolute Gasteiger partial charge is 0.417 e. The van der Waals surface area contributed by atoms with Crippen molar-refractivity contribution in [2.24, 2.45) is 0 Å². The molecule has 0 fully saturated rings. The number of nitrogens with zero attached hydrogens (tertiary/aromatic N) is 2. The summed E-state index contributed by atoms with van der Waals surface area (Å²) in [6.45, 7) is 1.50. The third-order valence-corrected chi connectivity index (χ3v) is 4.05. The van der Waals surface area contributed by atoms with Crippen molar-refractivity contribution in [3.8, 4) is 5.88 Å². The van der Waals surface area contributed by atoms with E-state index < -0.39 is 11.7 Å². The van der Waals surface area contributed by atoms with Gasteiger partial charge in [0.1, 0.15) is 11.6 Å². The monoisotopic (exact) mass is 425 g/mol. The Morgan fingerprint density at radius 3 is 2.89 bits per heavy atom. The maximum absolute atomic E-state index is 12.5. The number of aromatic amines is 1. The van der Waals surface area contributed by atoms with Crippen LogP contribution in [0.25, 0.3) is 0 Å². The Morgan fingerprint density at radius 2 is 2.19 bits per heavy atom. The fourth-order valence-corrected chi connectivity index (χ4v) is 2.72. The number of halogens is 5. The van der Waals surface area contributed by atoms with E-state index in [1.807, 2.05) is 0 Å². The van der Waals surface area contributed by atoms with Crippen LogP contribution in [0.3, 0.4) is 0 Å². The Hall–Kier alpha value is -2.04. The number of amides is 1. The van der Waals surface area contributed by atoms with Crippen LogP contribution in [-0.4, -0.2) is 40.8 Å². The van der Waals surface area contributed by atoms with Crippen LogP contribution in [0.4, 0.5) is 13.2 Å². The molecule has 3 heterocycles. The maximum atomic E-state index is 12.5. The minimum atomic E-state index is -4.53. The lowest BCUT2D eigenvalue weighted by Gasteiger charge is -2.13. The Morgan fingerprint density at radius 1 is 1.41 bits per heavy atom. The molecule has 7 nitrogen and oxygen atoms in total. The summed E-state index contributed by atoms with van der Waals surface area (Å²) in [6, 6.07) is 0.742. The molecular weight excluding hydrogens is 410 g/mol. The first-order valence-electron chi connectivity index (χ1n) is 7.77. The Labute approximate surface area is 163 Å². The number of nitrogens with one attached hydrogen (secondary N) is 3. The highest BCUT2D eigenvalue weighted by Gasteiger charge is 2.31. The number of hydrogen-bond acceptors (Lipinski definition) is 5. The number of alkyl halides is 3. The summed E-state index contributed by atoms with van der Waals surface area (Å²) in [5.74, 6) is -0.489. The zero-order chi connectivity index (χ0) is 18.7. The molecule has 0 spiro atoms. The summed E-state index contributed by atoms with van der Waals surface area (Å²) in [6.07, 6.45) is -3.11. The van der Waals surface area contributed by atoms with E-state index in [9.17, 15) is 18.0 Å². The number of carbonyl (C=O) groups is 1. The predicted octanol–water partition coefficient (Wildman–Crippen LogP) is 2.35. The maximum Gasteiger partial charge on any atom is 0.417 e. The van der Waals surface area contributed by atoms with E-state index in [0.717, 1.165) is 30.3 Å². The highest BCUT2D eigenvalue weighted by Crippen LogP contribution is 2.33. The SMILES string of the molecule is Cl.O=C(NCCOc1ncc(C(F)(F)F)cc1Cl)c1n[nH]c2c1CNCC2. The first-order valence-corrected chi connectivity index (χ1v) is 8.14. The molecule has 0 bridgehead atoms. The molecule has 1 aliphatic rings. The summed E-state index contributed by atoms with van der Waals surface area (Å²) in [4.78, 5) is 15.7. The number of fused-ring (bicyclic) bond motifs is 1. The first kappa shape index (κ1) is 21.3. The summed E-state index contributed by atoms with van der Waals surface area (Å²) >= 11 is 5.74. The van der Waals surface area contributed by atoms with Crippen molar-refractivity contribution >= 4 is 29.9 Å². The number of aromatic nitrogens is 3. The van der Waals surface area contributed by atoms with Gasteiger partial charge in [-0.3, -0.25) is 9.89 Å². The lowest BCUT2D eigenvalue weighted by molar-refractivity contribution is -0.137. The lowest BCUT2D eigenvalue weighted by atomic mass is 10.1. The molecule has 148 valence electrons.